The van der Waals surface area contributed by atoms with E-state index in [1.807, 2.05) is 6.92 Å². The molecule has 1 saturated carbocycles. The van der Waals surface area contributed by atoms with Gasteiger partial charge in [0, 0.05) is 12.6 Å². The van der Waals surface area contributed by atoms with Crippen molar-refractivity contribution in [2.24, 2.45) is 5.41 Å². The van der Waals surface area contributed by atoms with E-state index in [4.69, 9.17) is 9.52 Å². The van der Waals surface area contributed by atoms with Gasteiger partial charge in [0.1, 0.15) is 17.3 Å². The summed E-state index contributed by atoms with van der Waals surface area (Å²) in [6.07, 6.45) is 2.09. The van der Waals surface area contributed by atoms with Crippen LogP contribution in [0, 0.1) is 5.41 Å². The minimum absolute atomic E-state index is 0.0331. The average molecular weight is 324 g/mol. The van der Waals surface area contributed by atoms with Crippen LogP contribution in [0.15, 0.2) is 20.0 Å². The van der Waals surface area contributed by atoms with Crippen molar-refractivity contribution in [1.82, 2.24) is 4.72 Å². The van der Waals surface area contributed by atoms with Crippen molar-refractivity contribution in [3.05, 3.63) is 16.5 Å². The van der Waals surface area contributed by atoms with Gasteiger partial charge in [0.2, 0.25) is 10.0 Å². The monoisotopic (exact) mass is 323 g/mol. The first-order valence-corrected chi connectivity index (χ1v) is 7.53. The van der Waals surface area contributed by atoms with E-state index in [9.17, 15) is 8.42 Å². The molecule has 1 aromatic rings. The van der Waals surface area contributed by atoms with E-state index in [-0.39, 0.29) is 27.3 Å². The molecular formula is C10H14BrNO4S. The first-order valence-electron chi connectivity index (χ1n) is 5.25. The van der Waals surface area contributed by atoms with Gasteiger partial charge in [-0.05, 0) is 34.2 Å². The first-order chi connectivity index (χ1) is 7.86. The molecule has 0 aliphatic heterocycles. The smallest absolute Gasteiger partial charge is 0.244 e. The van der Waals surface area contributed by atoms with Gasteiger partial charge in [-0.1, -0.05) is 6.92 Å². The molecule has 0 unspecified atom stereocenters. The lowest BCUT2D eigenvalue weighted by Crippen LogP contribution is -2.29. The molecule has 0 amide bonds. The highest BCUT2D eigenvalue weighted by Crippen LogP contribution is 2.44. The second kappa shape index (κ2) is 4.38. The number of hydrogen-bond donors (Lipinski definition) is 2. The molecule has 0 bridgehead atoms. The van der Waals surface area contributed by atoms with Crippen LogP contribution in [-0.4, -0.2) is 20.1 Å². The number of aliphatic hydroxyl groups is 1. The van der Waals surface area contributed by atoms with Crippen LogP contribution < -0.4 is 4.72 Å². The van der Waals surface area contributed by atoms with Gasteiger partial charge in [0.05, 0.1) is 0 Å². The summed E-state index contributed by atoms with van der Waals surface area (Å²) in [6, 6.07) is 1.32. The maximum absolute atomic E-state index is 12.0. The Balaban J connectivity index is 2.15. The van der Waals surface area contributed by atoms with Crippen LogP contribution in [0.5, 0.6) is 0 Å². The average Bonchev–Trinajstić information content (AvgIpc) is 2.87. The highest BCUT2D eigenvalue weighted by molar-refractivity contribution is 9.10. The normalized spacial score (nSPS) is 18.3. The van der Waals surface area contributed by atoms with Crippen LogP contribution in [0.3, 0.4) is 0 Å². The molecule has 0 radical (unpaired) electrons. The minimum atomic E-state index is -3.58. The molecule has 17 heavy (non-hydrogen) atoms. The minimum Gasteiger partial charge on any atom is -0.450 e. The number of halogens is 1. The molecule has 1 aliphatic rings. The zero-order valence-electron chi connectivity index (χ0n) is 9.36. The van der Waals surface area contributed by atoms with E-state index >= 15 is 0 Å². The second-order valence-corrected chi connectivity index (χ2v) is 7.10. The van der Waals surface area contributed by atoms with Gasteiger partial charge in [-0.15, -0.1) is 0 Å². The van der Waals surface area contributed by atoms with E-state index in [0.29, 0.717) is 6.54 Å². The number of furan rings is 1. The van der Waals surface area contributed by atoms with Gasteiger partial charge in [-0.25, -0.2) is 13.1 Å². The molecule has 5 nitrogen and oxygen atoms in total. The fraction of sp³-hybridized carbons (Fsp3) is 0.600. The standard InChI is InChI=1S/C10H14BrNO4S/c1-10(2-3-10)6-12-17(14,15)8-4-7(5-13)16-9(8)11/h4,12-13H,2-3,5-6H2,1H3. The summed E-state index contributed by atoms with van der Waals surface area (Å²) in [5.41, 5.74) is 0.100. The molecular weight excluding hydrogens is 310 g/mol. The summed E-state index contributed by atoms with van der Waals surface area (Å²) in [7, 11) is -3.58. The highest BCUT2D eigenvalue weighted by atomic mass is 79.9. The summed E-state index contributed by atoms with van der Waals surface area (Å²) in [6.45, 7) is 2.15. The second-order valence-electron chi connectivity index (χ2n) is 4.64. The Labute approximate surface area is 108 Å². The molecule has 1 aliphatic carbocycles. The van der Waals surface area contributed by atoms with Crippen molar-refractivity contribution >= 4 is 26.0 Å². The van der Waals surface area contributed by atoms with Crippen molar-refractivity contribution in [1.29, 1.82) is 0 Å². The van der Waals surface area contributed by atoms with Crippen LogP contribution in [0.1, 0.15) is 25.5 Å². The molecule has 0 aromatic carbocycles. The summed E-state index contributed by atoms with van der Waals surface area (Å²) in [5, 5.41) is 8.88. The topological polar surface area (TPSA) is 79.5 Å². The third kappa shape index (κ3) is 2.90. The van der Waals surface area contributed by atoms with E-state index < -0.39 is 10.0 Å². The van der Waals surface area contributed by atoms with Crippen LogP contribution in [0.25, 0.3) is 0 Å². The van der Waals surface area contributed by atoms with E-state index in [0.717, 1.165) is 12.8 Å². The third-order valence-electron chi connectivity index (χ3n) is 2.94. The lowest BCUT2D eigenvalue weighted by molar-refractivity contribution is 0.245. The van der Waals surface area contributed by atoms with Gasteiger partial charge in [-0.3, -0.25) is 0 Å². The van der Waals surface area contributed by atoms with Crippen LogP contribution >= 0.6 is 15.9 Å². The predicted octanol–water partition coefficient (Wildman–Crippen LogP) is 1.61. The number of nitrogens with one attached hydrogen (secondary N) is 1. The Morgan fingerprint density at radius 1 is 1.59 bits per heavy atom. The molecule has 0 spiro atoms. The molecule has 96 valence electrons. The summed E-state index contributed by atoms with van der Waals surface area (Å²) in [4.78, 5) is 0.0331. The Bertz CT molecular complexity index is 518. The first kappa shape index (κ1) is 13.1. The maximum atomic E-state index is 12.0. The lowest BCUT2D eigenvalue weighted by Gasteiger charge is -2.09. The van der Waals surface area contributed by atoms with Crippen LogP contribution in [0.2, 0.25) is 0 Å². The zero-order chi connectivity index (χ0) is 12.7. The van der Waals surface area contributed by atoms with Gasteiger partial charge in [0.25, 0.3) is 0 Å². The van der Waals surface area contributed by atoms with Gasteiger partial charge in [-0.2, -0.15) is 0 Å². The fourth-order valence-electron chi connectivity index (χ4n) is 1.40. The molecule has 0 atom stereocenters. The number of rotatable bonds is 5. The molecule has 1 aromatic heterocycles. The van der Waals surface area contributed by atoms with E-state index in [1.165, 1.54) is 6.07 Å². The summed E-state index contributed by atoms with van der Waals surface area (Å²) < 4.78 is 31.7. The van der Waals surface area contributed by atoms with Crippen molar-refractivity contribution in [3.63, 3.8) is 0 Å². The number of hydrogen-bond acceptors (Lipinski definition) is 4. The Morgan fingerprint density at radius 3 is 2.71 bits per heavy atom. The molecule has 7 heteroatoms. The SMILES string of the molecule is CC1(CNS(=O)(=O)c2cc(CO)oc2Br)CC1. The molecule has 2 N–H and O–H groups in total. The molecule has 1 heterocycles. The predicted molar refractivity (Wildman–Crippen MR) is 64.9 cm³/mol. The van der Waals surface area contributed by atoms with Crippen LogP contribution in [0.4, 0.5) is 0 Å². The van der Waals surface area contributed by atoms with Gasteiger partial charge < -0.3 is 9.52 Å². The molecule has 2 rings (SSSR count). The Kier molecular flexibility index (Phi) is 3.37. The quantitative estimate of drug-likeness (QED) is 0.862. The van der Waals surface area contributed by atoms with Crippen molar-refractivity contribution in [2.75, 3.05) is 6.54 Å². The number of aliphatic hydroxyl groups excluding tert-OH is 1. The number of sulfonamides is 1. The van der Waals surface area contributed by atoms with E-state index in [1.54, 1.807) is 0 Å². The maximum Gasteiger partial charge on any atom is 0.244 e. The largest absolute Gasteiger partial charge is 0.450 e. The van der Waals surface area contributed by atoms with Crippen molar-refractivity contribution in [3.8, 4) is 0 Å². The van der Waals surface area contributed by atoms with Gasteiger partial charge >= 0.3 is 0 Å². The molecule has 0 saturated heterocycles. The highest BCUT2D eigenvalue weighted by Gasteiger charge is 2.38. The summed E-state index contributed by atoms with van der Waals surface area (Å²) in [5.74, 6) is 0.217. The van der Waals surface area contributed by atoms with E-state index in [2.05, 4.69) is 20.7 Å². The third-order valence-corrected chi connectivity index (χ3v) is 5.20. The molecule has 1 fully saturated rings. The van der Waals surface area contributed by atoms with Crippen molar-refractivity contribution < 1.29 is 17.9 Å². The van der Waals surface area contributed by atoms with Crippen molar-refractivity contribution in [2.45, 2.75) is 31.3 Å². The lowest BCUT2D eigenvalue weighted by atomic mass is 10.2. The van der Waals surface area contributed by atoms with Gasteiger partial charge in [0.15, 0.2) is 4.67 Å². The van der Waals surface area contributed by atoms with Crippen LogP contribution in [-0.2, 0) is 16.6 Å². The zero-order valence-corrected chi connectivity index (χ0v) is 11.8. The fourth-order valence-corrected chi connectivity index (χ4v) is 3.59. The summed E-state index contributed by atoms with van der Waals surface area (Å²) >= 11 is 3.03. The Morgan fingerprint density at radius 2 is 2.24 bits per heavy atom. The Hall–Kier alpha value is -0.370.